The second-order valence-electron chi connectivity index (χ2n) is 8.80. The van der Waals surface area contributed by atoms with Gasteiger partial charge in [0.1, 0.15) is 0 Å². The van der Waals surface area contributed by atoms with Crippen molar-refractivity contribution in [1.82, 2.24) is 10.2 Å². The lowest BCUT2D eigenvalue weighted by atomic mass is 10.1. The lowest BCUT2D eigenvalue weighted by Gasteiger charge is -2.36. The number of anilines is 2. The molecule has 0 aliphatic carbocycles. The molecular weight excluding hydrogens is 561 g/mol. The Morgan fingerprint density at radius 1 is 1.05 bits per heavy atom. The highest BCUT2D eigenvalue weighted by molar-refractivity contribution is 7.80. The minimum absolute atomic E-state index is 0.0357. The maximum absolute atomic E-state index is 12.6. The zero-order chi connectivity index (χ0) is 27.9. The van der Waals surface area contributed by atoms with Crippen LogP contribution in [0.25, 0.3) is 0 Å². The van der Waals surface area contributed by atoms with Crippen molar-refractivity contribution in [1.29, 1.82) is 0 Å². The predicted octanol–water partition coefficient (Wildman–Crippen LogP) is 5.75. The Labute approximate surface area is 241 Å². The van der Waals surface area contributed by atoms with E-state index in [1.165, 1.54) is 12.1 Å². The van der Waals surface area contributed by atoms with Gasteiger partial charge in [-0.05, 0) is 61.1 Å². The third kappa shape index (κ3) is 7.36. The largest absolute Gasteiger partial charge is 0.487 e. The topological polar surface area (TPSA) is 100.0 Å². The van der Waals surface area contributed by atoms with Crippen molar-refractivity contribution >= 4 is 63.5 Å². The van der Waals surface area contributed by atoms with E-state index in [1.54, 1.807) is 13.0 Å². The molecule has 3 aromatic rings. The summed E-state index contributed by atoms with van der Waals surface area (Å²) < 4.78 is 5.26. The van der Waals surface area contributed by atoms with E-state index in [4.69, 9.17) is 40.2 Å². The molecule has 1 saturated heterocycles. The Bertz CT molecular complexity index is 1380. The van der Waals surface area contributed by atoms with E-state index >= 15 is 0 Å². The van der Waals surface area contributed by atoms with Gasteiger partial charge in [0.05, 0.1) is 22.2 Å². The quantitative estimate of drug-likeness (QED) is 0.195. The van der Waals surface area contributed by atoms with Crippen LogP contribution in [0, 0.1) is 10.1 Å². The molecule has 9 nitrogen and oxygen atoms in total. The number of nitro benzene ring substituents is 1. The van der Waals surface area contributed by atoms with Crippen LogP contribution < -0.4 is 20.3 Å². The molecule has 1 aliphatic rings. The van der Waals surface area contributed by atoms with Gasteiger partial charge in [-0.15, -0.1) is 0 Å². The number of thiocarbonyl (C=S) groups is 1. The van der Waals surface area contributed by atoms with Gasteiger partial charge >= 0.3 is 5.69 Å². The monoisotopic (exact) mass is 587 g/mol. The fourth-order valence-electron chi connectivity index (χ4n) is 4.27. The van der Waals surface area contributed by atoms with Crippen LogP contribution in [-0.4, -0.2) is 53.6 Å². The second-order valence-corrected chi connectivity index (χ2v) is 10.0. The van der Waals surface area contributed by atoms with Crippen molar-refractivity contribution in [2.24, 2.45) is 0 Å². The van der Waals surface area contributed by atoms with Gasteiger partial charge in [0.25, 0.3) is 5.91 Å². The minimum atomic E-state index is -0.597. The molecule has 204 valence electrons. The van der Waals surface area contributed by atoms with Crippen LogP contribution in [-0.2, 0) is 6.54 Å². The Morgan fingerprint density at radius 2 is 1.79 bits per heavy atom. The molecule has 0 saturated carbocycles. The summed E-state index contributed by atoms with van der Waals surface area (Å²) in [6.07, 6.45) is 0. The van der Waals surface area contributed by atoms with Crippen molar-refractivity contribution in [3.05, 3.63) is 92.0 Å². The van der Waals surface area contributed by atoms with E-state index in [9.17, 15) is 14.9 Å². The molecule has 0 aromatic heterocycles. The van der Waals surface area contributed by atoms with Gasteiger partial charge in [-0.1, -0.05) is 41.4 Å². The van der Waals surface area contributed by atoms with Crippen LogP contribution >= 0.6 is 35.4 Å². The summed E-state index contributed by atoms with van der Waals surface area (Å²) in [5, 5.41) is 18.2. The number of nitrogens with zero attached hydrogens (tertiary/aromatic N) is 3. The smallest absolute Gasteiger partial charge is 0.311 e. The molecule has 12 heteroatoms. The van der Waals surface area contributed by atoms with Crippen LogP contribution in [0.1, 0.15) is 22.8 Å². The van der Waals surface area contributed by atoms with Crippen molar-refractivity contribution in [3.63, 3.8) is 0 Å². The molecule has 39 heavy (non-hydrogen) atoms. The Kier molecular flexibility index (Phi) is 9.58. The summed E-state index contributed by atoms with van der Waals surface area (Å²) in [7, 11) is 0. The molecule has 3 aromatic carbocycles. The molecule has 0 unspecified atom stereocenters. The van der Waals surface area contributed by atoms with Gasteiger partial charge < -0.3 is 15.0 Å². The Morgan fingerprint density at radius 3 is 2.46 bits per heavy atom. The van der Waals surface area contributed by atoms with E-state index in [2.05, 4.69) is 20.4 Å². The van der Waals surface area contributed by atoms with Gasteiger partial charge in [-0.25, -0.2) is 0 Å². The Hall–Kier alpha value is -3.44. The SMILES string of the molecule is CCOc1ccc(C(=O)NC(=S)Nc2ccc(N3CCN(Cc4ccccc4Cl)CC3)c(Cl)c2)cc1[N+](=O)[O-]. The van der Waals surface area contributed by atoms with Gasteiger partial charge in [-0.2, -0.15) is 0 Å². The number of hydrogen-bond donors (Lipinski definition) is 2. The van der Waals surface area contributed by atoms with Gasteiger partial charge in [-0.3, -0.25) is 25.1 Å². The van der Waals surface area contributed by atoms with E-state index in [0.717, 1.165) is 55.1 Å². The highest BCUT2D eigenvalue weighted by Gasteiger charge is 2.21. The van der Waals surface area contributed by atoms with Crippen molar-refractivity contribution < 1.29 is 14.5 Å². The second kappa shape index (κ2) is 13.1. The predicted molar refractivity (Wildman–Crippen MR) is 158 cm³/mol. The van der Waals surface area contributed by atoms with Crippen molar-refractivity contribution in [2.45, 2.75) is 13.5 Å². The number of carbonyl (C=O) groups excluding carboxylic acids is 1. The molecule has 0 bridgehead atoms. The lowest BCUT2D eigenvalue weighted by molar-refractivity contribution is -0.385. The first-order chi connectivity index (χ1) is 18.7. The number of carbonyl (C=O) groups is 1. The number of nitrogens with one attached hydrogen (secondary N) is 2. The average molecular weight is 589 g/mol. The number of amides is 1. The van der Waals surface area contributed by atoms with Crippen LogP contribution in [0.4, 0.5) is 17.1 Å². The summed E-state index contributed by atoms with van der Waals surface area (Å²) in [6, 6.07) is 17.4. The van der Waals surface area contributed by atoms with Crippen molar-refractivity contribution in [3.8, 4) is 5.75 Å². The van der Waals surface area contributed by atoms with Crippen LogP contribution in [0.3, 0.4) is 0 Å². The average Bonchev–Trinajstić information content (AvgIpc) is 2.91. The summed E-state index contributed by atoms with van der Waals surface area (Å²) in [4.78, 5) is 28.0. The fraction of sp³-hybridized carbons (Fsp3) is 0.259. The number of ether oxygens (including phenoxy) is 1. The first-order valence-electron chi connectivity index (χ1n) is 12.3. The summed E-state index contributed by atoms with van der Waals surface area (Å²) in [6.45, 7) is 6.18. The standard InChI is InChI=1S/C27H27Cl2N5O4S/c1-2-38-25-10-7-18(15-24(25)34(36)37)26(35)31-27(39)30-20-8-9-23(22(29)16-20)33-13-11-32(12-14-33)17-19-5-3-4-6-21(19)28/h3-10,15-16H,2,11-14,17H2,1H3,(H2,30,31,35,39). The number of hydrogen-bond acceptors (Lipinski definition) is 7. The molecule has 1 fully saturated rings. The molecular formula is C27H27Cl2N5O4S. The first-order valence-corrected chi connectivity index (χ1v) is 13.5. The van der Waals surface area contributed by atoms with Crippen LogP contribution in [0.15, 0.2) is 60.7 Å². The third-order valence-corrected chi connectivity index (χ3v) is 7.09. The number of benzene rings is 3. The van der Waals surface area contributed by atoms with Gasteiger partial charge in [0, 0.05) is 55.1 Å². The third-order valence-electron chi connectivity index (χ3n) is 6.22. The number of halogens is 2. The molecule has 4 rings (SSSR count). The number of piperazine rings is 1. The molecule has 1 aliphatic heterocycles. The molecule has 1 amide bonds. The maximum Gasteiger partial charge on any atom is 0.311 e. The van der Waals surface area contributed by atoms with Gasteiger partial charge in [0.2, 0.25) is 0 Å². The summed E-state index contributed by atoms with van der Waals surface area (Å²) in [5.41, 5.74) is 2.41. The Balaban J connectivity index is 1.32. The van der Waals surface area contributed by atoms with E-state index in [0.29, 0.717) is 10.7 Å². The normalized spacial score (nSPS) is 13.6. The zero-order valence-electron chi connectivity index (χ0n) is 21.2. The number of rotatable bonds is 8. The molecule has 0 radical (unpaired) electrons. The molecule has 2 N–H and O–H groups in total. The number of nitro groups is 1. The summed E-state index contributed by atoms with van der Waals surface area (Å²) in [5.74, 6) is -0.493. The molecule has 0 atom stereocenters. The first kappa shape index (κ1) is 28.6. The van der Waals surface area contributed by atoms with Crippen LogP contribution in [0.5, 0.6) is 5.75 Å². The maximum atomic E-state index is 12.6. The van der Waals surface area contributed by atoms with Gasteiger partial charge in [0.15, 0.2) is 10.9 Å². The zero-order valence-corrected chi connectivity index (χ0v) is 23.5. The fourth-order valence-corrected chi connectivity index (χ4v) is 4.98. The highest BCUT2D eigenvalue weighted by Crippen LogP contribution is 2.31. The lowest BCUT2D eigenvalue weighted by Crippen LogP contribution is -2.46. The van der Waals surface area contributed by atoms with E-state index in [1.807, 2.05) is 36.4 Å². The van der Waals surface area contributed by atoms with E-state index in [-0.39, 0.29) is 28.7 Å². The summed E-state index contributed by atoms with van der Waals surface area (Å²) >= 11 is 18.2. The molecule has 1 heterocycles. The highest BCUT2D eigenvalue weighted by atomic mass is 35.5. The van der Waals surface area contributed by atoms with Crippen molar-refractivity contribution in [2.75, 3.05) is 43.0 Å². The minimum Gasteiger partial charge on any atom is -0.487 e. The van der Waals surface area contributed by atoms with E-state index < -0.39 is 10.8 Å². The van der Waals surface area contributed by atoms with Crippen LogP contribution in [0.2, 0.25) is 10.0 Å². The molecule has 0 spiro atoms.